The average molecular weight is 611 g/mol. The molecule has 3 N–H and O–H groups in total. The number of fused-ring (bicyclic) bond motifs is 2. The highest BCUT2D eigenvalue weighted by molar-refractivity contribution is 5.90. The average Bonchev–Trinajstić information content (AvgIpc) is 3.67. The van der Waals surface area contributed by atoms with E-state index < -0.39 is 6.04 Å². The number of benzene rings is 3. The smallest absolute Gasteiger partial charge is 0.245 e. The van der Waals surface area contributed by atoms with Gasteiger partial charge in [0, 0.05) is 54.1 Å². The van der Waals surface area contributed by atoms with Gasteiger partial charge in [0.1, 0.15) is 11.9 Å². The van der Waals surface area contributed by atoms with Crippen LogP contribution in [-0.2, 0) is 16.0 Å². The summed E-state index contributed by atoms with van der Waals surface area (Å²) >= 11 is 0. The molecule has 0 bridgehead atoms. The first kappa shape index (κ1) is 29.9. The number of nitrogens with one attached hydrogen (secondary N) is 3. The predicted molar refractivity (Wildman–Crippen MR) is 177 cm³/mol. The highest BCUT2D eigenvalue weighted by atomic mass is 35.5. The highest BCUT2D eigenvalue weighted by Crippen LogP contribution is 2.33. The number of H-pyrrole nitrogens is 1. The van der Waals surface area contributed by atoms with Crippen molar-refractivity contribution in [1.82, 2.24) is 30.1 Å². The first-order valence-corrected chi connectivity index (χ1v) is 15.5. The second kappa shape index (κ2) is 13.2. The quantitative estimate of drug-likeness (QED) is 0.227. The molecule has 0 saturated carbocycles. The van der Waals surface area contributed by atoms with Crippen molar-refractivity contribution in [3.8, 4) is 11.4 Å². The zero-order valence-electron chi connectivity index (χ0n) is 24.7. The summed E-state index contributed by atoms with van der Waals surface area (Å²) in [6.45, 7) is 2.94. The summed E-state index contributed by atoms with van der Waals surface area (Å²) in [4.78, 5) is 37.8. The standard InChI is InChI=1S/C35H38N6O2.ClH/c42-34(25-14-18-36-19-15-25)39-31(22-26-23-37-29-11-5-4-10-28(26)29)35(43)40-20-16-27(17-21-40)41-32-13-7-6-12-30(32)38-33(41)24-8-2-1-3-9-24;/h1-13,23,25,27,31,36-37H,14-22H2,(H,39,42);1H/t31-;/m1./s1. The van der Waals surface area contributed by atoms with E-state index in [4.69, 9.17) is 4.98 Å². The fourth-order valence-electron chi connectivity index (χ4n) is 6.86. The van der Waals surface area contributed by atoms with Gasteiger partial charge in [0.15, 0.2) is 0 Å². The van der Waals surface area contributed by atoms with E-state index >= 15 is 0 Å². The van der Waals surface area contributed by atoms with E-state index in [9.17, 15) is 9.59 Å². The van der Waals surface area contributed by atoms with E-state index in [2.05, 4.69) is 56.6 Å². The van der Waals surface area contributed by atoms with Gasteiger partial charge in [0.25, 0.3) is 0 Å². The fourth-order valence-corrected chi connectivity index (χ4v) is 6.86. The second-order valence-electron chi connectivity index (χ2n) is 11.9. The number of para-hydroxylation sites is 3. The summed E-state index contributed by atoms with van der Waals surface area (Å²) in [5, 5.41) is 7.62. The molecule has 9 heteroatoms. The zero-order chi connectivity index (χ0) is 29.2. The number of imidazole rings is 1. The Bertz CT molecular complexity index is 1730. The van der Waals surface area contributed by atoms with Gasteiger partial charge in [0.2, 0.25) is 11.8 Å². The van der Waals surface area contributed by atoms with Crippen molar-refractivity contribution in [3.63, 3.8) is 0 Å². The molecular weight excluding hydrogens is 572 g/mol. The molecule has 0 spiro atoms. The van der Waals surface area contributed by atoms with Gasteiger partial charge in [-0.1, -0.05) is 60.7 Å². The molecule has 5 aromatic rings. The molecule has 2 saturated heterocycles. The minimum Gasteiger partial charge on any atom is -0.361 e. The number of piperidine rings is 2. The summed E-state index contributed by atoms with van der Waals surface area (Å²) in [5.74, 6) is 0.908. The Morgan fingerprint density at radius 2 is 1.59 bits per heavy atom. The molecule has 0 radical (unpaired) electrons. The number of rotatable bonds is 7. The Morgan fingerprint density at radius 3 is 2.39 bits per heavy atom. The van der Waals surface area contributed by atoms with Gasteiger partial charge in [-0.15, -0.1) is 12.4 Å². The molecule has 2 aliphatic rings. The number of aromatic nitrogens is 3. The van der Waals surface area contributed by atoms with Crippen molar-refractivity contribution < 1.29 is 9.59 Å². The van der Waals surface area contributed by atoms with Crippen LogP contribution in [0.1, 0.15) is 37.3 Å². The van der Waals surface area contributed by atoms with E-state index in [0.29, 0.717) is 19.5 Å². The predicted octanol–water partition coefficient (Wildman–Crippen LogP) is 5.50. The molecule has 228 valence electrons. The Balaban J connectivity index is 0.00000343. The minimum atomic E-state index is -0.605. The van der Waals surface area contributed by atoms with Crippen molar-refractivity contribution >= 4 is 46.2 Å². The fraction of sp³-hybridized carbons (Fsp3) is 0.343. The minimum absolute atomic E-state index is 0. The van der Waals surface area contributed by atoms with Crippen LogP contribution in [0, 0.1) is 5.92 Å². The normalized spacial score (nSPS) is 17.0. The first-order valence-electron chi connectivity index (χ1n) is 15.5. The van der Waals surface area contributed by atoms with Crippen LogP contribution < -0.4 is 10.6 Å². The van der Waals surface area contributed by atoms with E-state index in [-0.39, 0.29) is 36.2 Å². The van der Waals surface area contributed by atoms with Crippen LogP contribution in [0.3, 0.4) is 0 Å². The lowest BCUT2D eigenvalue weighted by molar-refractivity contribution is -0.138. The van der Waals surface area contributed by atoms with Crippen molar-refractivity contribution in [3.05, 3.63) is 90.6 Å². The van der Waals surface area contributed by atoms with Crippen molar-refractivity contribution in [2.45, 2.75) is 44.2 Å². The topological polar surface area (TPSA) is 95.0 Å². The number of aromatic amines is 1. The van der Waals surface area contributed by atoms with Gasteiger partial charge in [-0.2, -0.15) is 0 Å². The molecule has 1 atom stereocenters. The Kier molecular flexibility index (Phi) is 9.00. The molecule has 3 aromatic carbocycles. The van der Waals surface area contributed by atoms with Crippen LogP contribution in [0.2, 0.25) is 0 Å². The lowest BCUT2D eigenvalue weighted by Gasteiger charge is -2.36. The van der Waals surface area contributed by atoms with Crippen molar-refractivity contribution in [2.75, 3.05) is 26.2 Å². The second-order valence-corrected chi connectivity index (χ2v) is 11.9. The maximum atomic E-state index is 14.1. The van der Waals surface area contributed by atoms with Gasteiger partial charge < -0.3 is 25.1 Å². The van der Waals surface area contributed by atoms with Crippen LogP contribution in [0.5, 0.6) is 0 Å². The van der Waals surface area contributed by atoms with Crippen LogP contribution in [0.25, 0.3) is 33.3 Å². The summed E-state index contributed by atoms with van der Waals surface area (Å²) in [5.41, 5.74) is 5.29. The van der Waals surface area contributed by atoms with Gasteiger partial charge in [-0.05, 0) is 62.5 Å². The van der Waals surface area contributed by atoms with Crippen LogP contribution in [0.15, 0.2) is 85.1 Å². The Hall–Kier alpha value is -4.14. The third-order valence-corrected chi connectivity index (χ3v) is 9.19. The largest absolute Gasteiger partial charge is 0.361 e. The summed E-state index contributed by atoms with van der Waals surface area (Å²) in [6, 6.07) is 26.4. The number of hydrogen-bond acceptors (Lipinski definition) is 4. The summed E-state index contributed by atoms with van der Waals surface area (Å²) in [7, 11) is 0. The summed E-state index contributed by atoms with van der Waals surface area (Å²) < 4.78 is 2.37. The van der Waals surface area contributed by atoms with Crippen LogP contribution in [0.4, 0.5) is 0 Å². The third kappa shape index (κ3) is 5.97. The third-order valence-electron chi connectivity index (χ3n) is 9.19. The zero-order valence-corrected chi connectivity index (χ0v) is 25.6. The van der Waals surface area contributed by atoms with E-state index in [1.54, 1.807) is 0 Å². The van der Waals surface area contributed by atoms with Crippen LogP contribution in [-0.4, -0.2) is 63.5 Å². The van der Waals surface area contributed by atoms with Gasteiger partial charge in [-0.3, -0.25) is 9.59 Å². The number of nitrogens with zero attached hydrogens (tertiary/aromatic N) is 3. The lowest BCUT2D eigenvalue weighted by atomic mass is 9.95. The van der Waals surface area contributed by atoms with Crippen molar-refractivity contribution in [1.29, 1.82) is 0 Å². The molecule has 2 amide bonds. The molecule has 2 fully saturated rings. The number of amides is 2. The monoisotopic (exact) mass is 610 g/mol. The highest BCUT2D eigenvalue weighted by Gasteiger charge is 2.33. The SMILES string of the molecule is Cl.O=C(N[C@H](Cc1c[nH]c2ccccc12)C(=O)N1CCC(n2c(-c3ccccc3)nc3ccccc32)CC1)C1CCNCC1. The van der Waals surface area contributed by atoms with Gasteiger partial charge >= 0.3 is 0 Å². The molecule has 44 heavy (non-hydrogen) atoms. The number of carbonyl (C=O) groups is 2. The maximum Gasteiger partial charge on any atom is 0.245 e. The summed E-state index contributed by atoms with van der Waals surface area (Å²) in [6.07, 6.45) is 5.69. The lowest BCUT2D eigenvalue weighted by Crippen LogP contribution is -2.53. The molecule has 4 heterocycles. The maximum absolute atomic E-state index is 14.1. The molecule has 0 unspecified atom stereocenters. The molecule has 7 rings (SSSR count). The van der Waals surface area contributed by atoms with E-state index in [1.165, 1.54) is 0 Å². The van der Waals surface area contributed by atoms with E-state index in [0.717, 1.165) is 77.7 Å². The van der Waals surface area contributed by atoms with Gasteiger partial charge in [-0.25, -0.2) is 4.98 Å². The van der Waals surface area contributed by atoms with Crippen LogP contribution >= 0.6 is 12.4 Å². The molecule has 2 aliphatic heterocycles. The number of hydrogen-bond donors (Lipinski definition) is 3. The van der Waals surface area contributed by atoms with E-state index in [1.807, 2.05) is 53.6 Å². The van der Waals surface area contributed by atoms with Crippen molar-refractivity contribution in [2.24, 2.45) is 5.92 Å². The number of carbonyl (C=O) groups excluding carboxylic acids is 2. The molecule has 2 aromatic heterocycles. The number of likely N-dealkylation sites (tertiary alicyclic amines) is 1. The Morgan fingerprint density at radius 1 is 0.886 bits per heavy atom. The number of halogens is 1. The van der Waals surface area contributed by atoms with Gasteiger partial charge in [0.05, 0.1) is 11.0 Å². The Labute approximate surface area is 263 Å². The molecule has 0 aliphatic carbocycles. The molecule has 8 nitrogen and oxygen atoms in total. The first-order chi connectivity index (χ1) is 21.2. The molecular formula is C35H39ClN6O2.